The molecule has 1 aromatic rings. The van der Waals surface area contributed by atoms with Gasteiger partial charge in [0.2, 0.25) is 5.75 Å². The van der Waals surface area contributed by atoms with Gasteiger partial charge in [-0.25, -0.2) is 8.78 Å². The number of benzene rings is 1. The van der Waals surface area contributed by atoms with Crippen molar-refractivity contribution in [1.82, 2.24) is 0 Å². The first-order valence-electron chi connectivity index (χ1n) is 5.55. The summed E-state index contributed by atoms with van der Waals surface area (Å²) in [4.78, 5) is 11.2. The molecule has 1 aromatic carbocycles. The highest BCUT2D eigenvalue weighted by atomic mass is 19.3. The third kappa shape index (κ3) is 3.47. The molecule has 0 bridgehead atoms. The van der Waals surface area contributed by atoms with Crippen molar-refractivity contribution < 1.29 is 36.6 Å². The number of anilines is 1. The summed E-state index contributed by atoms with van der Waals surface area (Å²) >= 11 is 0. The number of ether oxygens (including phenoxy) is 3. The van der Waals surface area contributed by atoms with E-state index in [4.69, 9.17) is 14.2 Å². The lowest BCUT2D eigenvalue weighted by molar-refractivity contribution is -0.163. The predicted octanol–water partition coefficient (Wildman–Crippen LogP) is 2.55. The number of alkyl halides is 4. The standard InChI is InChI=1S/C12H13F4NO4/c1-19-7-4-6(5-8(20-2)9(7)21-3)17-11(18)12(15,16)10(13)14/h4-5,10H,1-3H3,(H,17,18). The van der Waals surface area contributed by atoms with Crippen LogP contribution >= 0.6 is 0 Å². The second kappa shape index (κ2) is 6.51. The molecule has 5 nitrogen and oxygen atoms in total. The molecule has 0 saturated carbocycles. The van der Waals surface area contributed by atoms with Gasteiger partial charge in [0.05, 0.1) is 21.3 Å². The maximum atomic E-state index is 12.9. The molecule has 0 fully saturated rings. The second-order valence-corrected chi connectivity index (χ2v) is 3.79. The van der Waals surface area contributed by atoms with Crippen LogP contribution in [0, 0.1) is 0 Å². The van der Waals surface area contributed by atoms with Gasteiger partial charge in [-0.3, -0.25) is 4.79 Å². The Morgan fingerprint density at radius 3 is 1.90 bits per heavy atom. The van der Waals surface area contributed by atoms with Gasteiger partial charge in [0, 0.05) is 17.8 Å². The van der Waals surface area contributed by atoms with Crippen molar-refractivity contribution in [1.29, 1.82) is 0 Å². The minimum atomic E-state index is -4.81. The number of amides is 1. The topological polar surface area (TPSA) is 56.8 Å². The molecule has 0 aliphatic rings. The lowest BCUT2D eigenvalue weighted by Crippen LogP contribution is -2.40. The molecule has 9 heteroatoms. The summed E-state index contributed by atoms with van der Waals surface area (Å²) in [6, 6.07) is 2.28. The summed E-state index contributed by atoms with van der Waals surface area (Å²) in [6.45, 7) is 0. The minimum absolute atomic E-state index is 0.0764. The van der Waals surface area contributed by atoms with Crippen molar-refractivity contribution >= 4 is 11.6 Å². The van der Waals surface area contributed by atoms with E-state index in [1.165, 1.54) is 21.3 Å². The SMILES string of the molecule is COc1cc(NC(=O)C(F)(F)C(F)F)cc(OC)c1OC. The number of halogens is 4. The number of carbonyl (C=O) groups excluding carboxylic acids is 1. The Morgan fingerprint density at radius 1 is 1.10 bits per heavy atom. The summed E-state index contributed by atoms with van der Waals surface area (Å²) in [5.74, 6) is -6.62. The fourth-order valence-electron chi connectivity index (χ4n) is 1.47. The number of methoxy groups -OCH3 is 3. The smallest absolute Gasteiger partial charge is 0.383 e. The van der Waals surface area contributed by atoms with E-state index in [1.807, 2.05) is 0 Å². The molecular weight excluding hydrogens is 298 g/mol. The highest BCUT2D eigenvalue weighted by Gasteiger charge is 2.49. The first-order chi connectivity index (χ1) is 9.77. The van der Waals surface area contributed by atoms with Crippen molar-refractivity contribution in [3.8, 4) is 17.2 Å². The summed E-state index contributed by atoms with van der Waals surface area (Å²) in [5.41, 5.74) is -0.199. The van der Waals surface area contributed by atoms with Crippen LogP contribution in [-0.2, 0) is 4.79 Å². The first kappa shape index (κ1) is 16.9. The molecule has 0 saturated heterocycles. The van der Waals surface area contributed by atoms with Gasteiger partial charge < -0.3 is 19.5 Å². The van der Waals surface area contributed by atoms with E-state index in [0.29, 0.717) is 0 Å². The highest BCUT2D eigenvalue weighted by molar-refractivity contribution is 5.97. The Balaban J connectivity index is 3.13. The zero-order valence-electron chi connectivity index (χ0n) is 11.4. The van der Waals surface area contributed by atoms with Gasteiger partial charge in [-0.15, -0.1) is 0 Å². The second-order valence-electron chi connectivity index (χ2n) is 3.79. The fourth-order valence-corrected chi connectivity index (χ4v) is 1.47. The van der Waals surface area contributed by atoms with Crippen molar-refractivity contribution in [3.05, 3.63) is 12.1 Å². The molecule has 0 heterocycles. The zero-order valence-corrected chi connectivity index (χ0v) is 11.4. The number of hydrogen-bond acceptors (Lipinski definition) is 4. The Bertz CT molecular complexity index is 497. The molecule has 118 valence electrons. The third-order valence-electron chi connectivity index (χ3n) is 2.50. The van der Waals surface area contributed by atoms with Gasteiger partial charge in [-0.2, -0.15) is 8.78 Å². The molecule has 1 rings (SSSR count). The largest absolute Gasteiger partial charge is 0.493 e. The summed E-state index contributed by atoms with van der Waals surface area (Å²) < 4.78 is 64.8. The number of nitrogens with one attached hydrogen (secondary N) is 1. The Labute approximate surface area is 117 Å². The van der Waals surface area contributed by atoms with Gasteiger partial charge in [0.25, 0.3) is 0 Å². The molecule has 21 heavy (non-hydrogen) atoms. The molecule has 0 atom stereocenters. The van der Waals surface area contributed by atoms with E-state index in [0.717, 1.165) is 12.1 Å². The molecule has 0 radical (unpaired) electrons. The van der Waals surface area contributed by atoms with Crippen LogP contribution in [0.5, 0.6) is 17.2 Å². The van der Waals surface area contributed by atoms with Crippen molar-refractivity contribution in [2.45, 2.75) is 12.3 Å². The average molecular weight is 311 g/mol. The minimum Gasteiger partial charge on any atom is -0.493 e. The summed E-state index contributed by atoms with van der Waals surface area (Å²) in [7, 11) is 3.87. The summed E-state index contributed by atoms with van der Waals surface area (Å²) in [6.07, 6.45) is -4.11. The molecule has 0 spiro atoms. The predicted molar refractivity (Wildman–Crippen MR) is 65.7 cm³/mol. The van der Waals surface area contributed by atoms with Crippen molar-refractivity contribution in [2.75, 3.05) is 26.6 Å². The van der Waals surface area contributed by atoms with Crippen LogP contribution in [0.15, 0.2) is 12.1 Å². The van der Waals surface area contributed by atoms with Gasteiger partial charge in [-0.1, -0.05) is 0 Å². The van der Waals surface area contributed by atoms with Gasteiger partial charge in [0.1, 0.15) is 0 Å². The van der Waals surface area contributed by atoms with Crippen LogP contribution in [0.1, 0.15) is 0 Å². The van der Waals surface area contributed by atoms with E-state index in [1.54, 1.807) is 5.32 Å². The molecule has 0 unspecified atom stereocenters. The lowest BCUT2D eigenvalue weighted by Gasteiger charge is -2.17. The van der Waals surface area contributed by atoms with Crippen LogP contribution in [0.25, 0.3) is 0 Å². The van der Waals surface area contributed by atoms with E-state index in [9.17, 15) is 22.4 Å². The number of hydrogen-bond donors (Lipinski definition) is 1. The van der Waals surface area contributed by atoms with E-state index >= 15 is 0 Å². The Morgan fingerprint density at radius 2 is 1.57 bits per heavy atom. The van der Waals surface area contributed by atoms with Gasteiger partial charge >= 0.3 is 18.3 Å². The third-order valence-corrected chi connectivity index (χ3v) is 2.50. The average Bonchev–Trinajstić information content (AvgIpc) is 2.45. The van der Waals surface area contributed by atoms with E-state index < -0.39 is 18.3 Å². The van der Waals surface area contributed by atoms with Crippen LogP contribution in [0.3, 0.4) is 0 Å². The normalized spacial score (nSPS) is 11.2. The van der Waals surface area contributed by atoms with E-state index in [2.05, 4.69) is 0 Å². The molecule has 1 amide bonds. The summed E-state index contributed by atoms with van der Waals surface area (Å²) in [5, 5.41) is 1.68. The van der Waals surface area contributed by atoms with Crippen molar-refractivity contribution in [2.24, 2.45) is 0 Å². The fraction of sp³-hybridized carbons (Fsp3) is 0.417. The Hall–Kier alpha value is -2.19. The monoisotopic (exact) mass is 311 g/mol. The van der Waals surface area contributed by atoms with Gasteiger partial charge in [-0.05, 0) is 0 Å². The molecule has 0 aliphatic carbocycles. The first-order valence-corrected chi connectivity index (χ1v) is 5.55. The Kier molecular flexibility index (Phi) is 5.23. The highest BCUT2D eigenvalue weighted by Crippen LogP contribution is 2.40. The quantitative estimate of drug-likeness (QED) is 0.820. The van der Waals surface area contributed by atoms with E-state index in [-0.39, 0.29) is 22.9 Å². The molecule has 1 N–H and O–H groups in total. The maximum absolute atomic E-state index is 12.9. The number of carbonyl (C=O) groups is 1. The molecule has 0 aromatic heterocycles. The molecular formula is C12H13F4NO4. The van der Waals surface area contributed by atoms with Crippen molar-refractivity contribution in [3.63, 3.8) is 0 Å². The number of rotatable bonds is 6. The van der Waals surface area contributed by atoms with Crippen LogP contribution in [0.2, 0.25) is 0 Å². The zero-order chi connectivity index (χ0) is 16.2. The maximum Gasteiger partial charge on any atom is 0.383 e. The van der Waals surface area contributed by atoms with Crippen LogP contribution in [-0.4, -0.2) is 39.6 Å². The lowest BCUT2D eigenvalue weighted by atomic mass is 10.2. The van der Waals surface area contributed by atoms with Crippen LogP contribution < -0.4 is 19.5 Å². The van der Waals surface area contributed by atoms with Crippen LogP contribution in [0.4, 0.5) is 23.2 Å². The van der Waals surface area contributed by atoms with Gasteiger partial charge in [0.15, 0.2) is 11.5 Å². The molecule has 0 aliphatic heterocycles.